The van der Waals surface area contributed by atoms with Gasteiger partial charge in [0, 0.05) is 37.5 Å². The van der Waals surface area contributed by atoms with Crippen LogP contribution in [0.4, 0.5) is 16.2 Å². The van der Waals surface area contributed by atoms with Crippen molar-refractivity contribution in [3.05, 3.63) is 60.6 Å². The first kappa shape index (κ1) is 13.7. The number of fused-ring (bicyclic) bond motifs is 1. The molecule has 0 aliphatic carbocycles. The van der Waals surface area contributed by atoms with Crippen LogP contribution >= 0.6 is 0 Å². The molecule has 1 saturated heterocycles. The third-order valence-electron chi connectivity index (χ3n) is 4.09. The van der Waals surface area contributed by atoms with Crippen molar-refractivity contribution in [2.75, 3.05) is 22.9 Å². The summed E-state index contributed by atoms with van der Waals surface area (Å²) in [5.41, 5.74) is 3.67. The van der Waals surface area contributed by atoms with E-state index in [4.69, 9.17) is 0 Å². The molecule has 4 rings (SSSR count). The van der Waals surface area contributed by atoms with Crippen LogP contribution in [-0.4, -0.2) is 29.1 Å². The van der Waals surface area contributed by atoms with Crippen molar-refractivity contribution in [1.29, 1.82) is 0 Å². The lowest BCUT2D eigenvalue weighted by Gasteiger charge is -2.18. The molecular formula is C18H18N4O. The van der Waals surface area contributed by atoms with Crippen molar-refractivity contribution < 1.29 is 6.22 Å². The van der Waals surface area contributed by atoms with Gasteiger partial charge in [0.1, 0.15) is 0 Å². The number of aryl methyl sites for hydroxylation is 1. The van der Waals surface area contributed by atoms with E-state index < -0.39 is 0 Å². The molecule has 0 radical (unpaired) electrons. The number of hydrogen-bond acceptors (Lipinski definition) is 3. The molecule has 2 aromatic heterocycles. The molecule has 0 spiro atoms. The average Bonchev–Trinajstić information content (AvgIpc) is 2.97. The second-order valence-corrected chi connectivity index (χ2v) is 5.63. The van der Waals surface area contributed by atoms with E-state index in [-0.39, 0.29) is 7.46 Å². The van der Waals surface area contributed by atoms with Crippen molar-refractivity contribution in [2.45, 2.75) is 6.92 Å². The summed E-state index contributed by atoms with van der Waals surface area (Å²) in [6.45, 7) is 3.30. The van der Waals surface area contributed by atoms with Crippen LogP contribution in [0.15, 0.2) is 54.9 Å². The summed E-state index contributed by atoms with van der Waals surface area (Å²) >= 11 is 0. The number of hydrogen-bond donors (Lipinski definition) is 0. The predicted molar refractivity (Wildman–Crippen MR) is 92.9 cm³/mol. The molecule has 0 atom stereocenters. The van der Waals surface area contributed by atoms with E-state index in [1.54, 1.807) is 22.2 Å². The van der Waals surface area contributed by atoms with Crippen molar-refractivity contribution in [3.63, 3.8) is 0 Å². The van der Waals surface area contributed by atoms with Crippen molar-refractivity contribution in [3.8, 4) is 0 Å². The number of benzene rings is 1. The number of anilines is 2. The topological polar surface area (TPSA) is 49.3 Å². The zero-order valence-corrected chi connectivity index (χ0v) is 12.8. The van der Waals surface area contributed by atoms with Gasteiger partial charge in [0.05, 0.1) is 17.4 Å². The molecule has 3 heterocycles. The number of urea groups is 1. The first-order valence-electron chi connectivity index (χ1n) is 7.59. The quantitative estimate of drug-likeness (QED) is 0.726. The van der Waals surface area contributed by atoms with Gasteiger partial charge in [0.15, 0.2) is 0 Å². The van der Waals surface area contributed by atoms with Crippen molar-refractivity contribution in [1.82, 2.24) is 9.97 Å². The molecule has 116 valence electrons. The van der Waals surface area contributed by atoms with E-state index in [0.717, 1.165) is 28.0 Å². The zero-order valence-electron chi connectivity index (χ0n) is 12.8. The number of carbonyl (C=O) groups excluding carboxylic acids is 1. The molecule has 1 fully saturated rings. The van der Waals surface area contributed by atoms with Crippen molar-refractivity contribution in [2.24, 2.45) is 0 Å². The Morgan fingerprint density at radius 3 is 2.65 bits per heavy atom. The Balaban J connectivity index is 0.00000169. The van der Waals surface area contributed by atoms with E-state index in [1.807, 2.05) is 49.4 Å². The maximum atomic E-state index is 12.7. The lowest BCUT2D eigenvalue weighted by Crippen LogP contribution is -2.31. The van der Waals surface area contributed by atoms with Gasteiger partial charge in [-0.25, -0.2) is 4.79 Å². The van der Waals surface area contributed by atoms with Crippen LogP contribution in [-0.2, 0) is 0 Å². The Morgan fingerprint density at radius 2 is 1.87 bits per heavy atom. The van der Waals surface area contributed by atoms with Crippen LogP contribution in [0.2, 0.25) is 0 Å². The molecule has 0 N–H and O–H groups in total. The van der Waals surface area contributed by atoms with E-state index in [9.17, 15) is 4.79 Å². The Bertz CT molecular complexity index is 885. The SMILES string of the molecule is Cc1ccc2cc(N3CCN(c4cccnc4)C3=O)ccc2n1.[HH]. The number of nitrogens with zero attached hydrogens (tertiary/aromatic N) is 4. The smallest absolute Gasteiger partial charge is 0.292 e. The summed E-state index contributed by atoms with van der Waals surface area (Å²) in [6, 6.07) is 13.7. The summed E-state index contributed by atoms with van der Waals surface area (Å²) in [5.74, 6) is 0. The van der Waals surface area contributed by atoms with Gasteiger partial charge in [-0.3, -0.25) is 19.8 Å². The summed E-state index contributed by atoms with van der Waals surface area (Å²) in [4.78, 5) is 24.9. The molecule has 23 heavy (non-hydrogen) atoms. The lowest BCUT2D eigenvalue weighted by atomic mass is 10.1. The summed E-state index contributed by atoms with van der Waals surface area (Å²) in [7, 11) is 0. The summed E-state index contributed by atoms with van der Waals surface area (Å²) in [5, 5.41) is 1.04. The zero-order chi connectivity index (χ0) is 15.8. The second-order valence-electron chi connectivity index (χ2n) is 5.63. The molecule has 1 aromatic carbocycles. The number of amides is 2. The van der Waals surface area contributed by atoms with Gasteiger partial charge in [-0.05, 0) is 43.3 Å². The molecule has 5 nitrogen and oxygen atoms in total. The lowest BCUT2D eigenvalue weighted by molar-refractivity contribution is 0.256. The summed E-state index contributed by atoms with van der Waals surface area (Å²) < 4.78 is 0. The first-order valence-corrected chi connectivity index (χ1v) is 7.59. The number of pyridine rings is 2. The molecule has 0 saturated carbocycles. The molecule has 0 bridgehead atoms. The Morgan fingerprint density at radius 1 is 1.04 bits per heavy atom. The van der Waals surface area contributed by atoms with Crippen LogP contribution in [0, 0.1) is 6.92 Å². The minimum Gasteiger partial charge on any atom is -0.292 e. The van der Waals surface area contributed by atoms with Crippen LogP contribution < -0.4 is 9.80 Å². The van der Waals surface area contributed by atoms with Crippen LogP contribution in [0.3, 0.4) is 0 Å². The van der Waals surface area contributed by atoms with Gasteiger partial charge >= 0.3 is 6.03 Å². The van der Waals surface area contributed by atoms with Crippen LogP contribution in [0.5, 0.6) is 0 Å². The molecular weight excluding hydrogens is 288 g/mol. The van der Waals surface area contributed by atoms with Crippen LogP contribution in [0.1, 0.15) is 7.12 Å². The third kappa shape index (κ3) is 2.40. The number of carbonyl (C=O) groups is 1. The minimum atomic E-state index is -0.0163. The molecule has 1 aliphatic rings. The third-order valence-corrected chi connectivity index (χ3v) is 4.09. The largest absolute Gasteiger partial charge is 0.329 e. The fourth-order valence-corrected chi connectivity index (χ4v) is 2.91. The Kier molecular flexibility index (Phi) is 3.19. The predicted octanol–water partition coefficient (Wildman–Crippen LogP) is 3.63. The normalized spacial score (nSPS) is 14.7. The Hall–Kier alpha value is -2.95. The maximum absolute atomic E-state index is 12.7. The highest BCUT2D eigenvalue weighted by Gasteiger charge is 2.30. The Labute approximate surface area is 135 Å². The number of aromatic nitrogens is 2. The molecule has 1 aliphatic heterocycles. The highest BCUT2D eigenvalue weighted by molar-refractivity contribution is 6.06. The first-order chi connectivity index (χ1) is 11.2. The highest BCUT2D eigenvalue weighted by atomic mass is 16.2. The highest BCUT2D eigenvalue weighted by Crippen LogP contribution is 2.27. The van der Waals surface area contributed by atoms with Gasteiger partial charge in [-0.15, -0.1) is 0 Å². The van der Waals surface area contributed by atoms with Crippen molar-refractivity contribution >= 4 is 28.3 Å². The van der Waals surface area contributed by atoms with E-state index in [0.29, 0.717) is 13.1 Å². The van der Waals surface area contributed by atoms with Gasteiger partial charge in [0.25, 0.3) is 0 Å². The fraction of sp³-hybridized carbons (Fsp3) is 0.167. The van der Waals surface area contributed by atoms with E-state index >= 15 is 0 Å². The standard InChI is InChI=1S/C18H16N4O.H2/c1-13-4-5-14-11-15(6-7-17(14)20-13)21-9-10-22(18(21)23)16-3-2-8-19-12-16;/h2-8,11-12H,9-10H2,1H3;1H. The van der Waals surface area contributed by atoms with Gasteiger partial charge in [-0.1, -0.05) is 6.07 Å². The molecule has 5 heteroatoms. The second kappa shape index (κ2) is 5.35. The molecule has 0 unspecified atom stereocenters. The van der Waals surface area contributed by atoms with Gasteiger partial charge < -0.3 is 0 Å². The minimum absolute atomic E-state index is 0. The van der Waals surface area contributed by atoms with Gasteiger partial charge in [0.2, 0.25) is 0 Å². The maximum Gasteiger partial charge on any atom is 0.329 e. The molecule has 3 aromatic rings. The van der Waals surface area contributed by atoms with E-state index in [1.165, 1.54) is 0 Å². The van der Waals surface area contributed by atoms with Gasteiger partial charge in [-0.2, -0.15) is 0 Å². The summed E-state index contributed by atoms with van der Waals surface area (Å²) in [6.07, 6.45) is 3.43. The van der Waals surface area contributed by atoms with Crippen LogP contribution in [0.25, 0.3) is 10.9 Å². The molecule has 2 amide bonds. The fourth-order valence-electron chi connectivity index (χ4n) is 2.91. The monoisotopic (exact) mass is 306 g/mol. The number of rotatable bonds is 2. The average molecular weight is 306 g/mol. The van der Waals surface area contributed by atoms with E-state index in [2.05, 4.69) is 9.97 Å².